The maximum atomic E-state index is 12.1. The second-order valence-electron chi connectivity index (χ2n) is 5.24. The molecule has 0 amide bonds. The van der Waals surface area contributed by atoms with Gasteiger partial charge in [0.25, 0.3) is 0 Å². The smallest absolute Gasteiger partial charge is 0.341 e. The van der Waals surface area contributed by atoms with E-state index in [0.29, 0.717) is 22.7 Å². The summed E-state index contributed by atoms with van der Waals surface area (Å²) in [7, 11) is 0. The number of nitrogen functional groups attached to an aromatic ring is 1. The van der Waals surface area contributed by atoms with Crippen molar-refractivity contribution in [3.05, 3.63) is 46.3 Å². The van der Waals surface area contributed by atoms with Gasteiger partial charge in [0.05, 0.1) is 18.0 Å². The van der Waals surface area contributed by atoms with Crippen LogP contribution in [0, 0.1) is 20.8 Å². The Balaban J connectivity index is 2.27. The van der Waals surface area contributed by atoms with Gasteiger partial charge in [-0.25, -0.2) is 14.8 Å². The molecule has 0 radical (unpaired) electrons. The predicted molar refractivity (Wildman–Crippen MR) is 87.4 cm³/mol. The topological polar surface area (TPSA) is 87.3 Å². The van der Waals surface area contributed by atoms with E-state index in [9.17, 15) is 4.79 Å². The Labute approximate surface area is 135 Å². The van der Waals surface area contributed by atoms with Crippen molar-refractivity contribution < 1.29 is 14.3 Å². The molecule has 0 bridgehead atoms. The number of hydrogen-bond donors (Lipinski definition) is 1. The van der Waals surface area contributed by atoms with Gasteiger partial charge >= 0.3 is 5.97 Å². The lowest BCUT2D eigenvalue weighted by Crippen LogP contribution is -2.16. The van der Waals surface area contributed by atoms with E-state index >= 15 is 0 Å². The fourth-order valence-corrected chi connectivity index (χ4v) is 2.18. The number of aryl methyl sites for hydroxylation is 3. The highest BCUT2D eigenvalue weighted by atomic mass is 16.5. The molecule has 0 atom stereocenters. The molecule has 0 saturated heterocycles. The molecule has 0 aliphatic heterocycles. The number of anilines is 1. The van der Waals surface area contributed by atoms with Crippen molar-refractivity contribution >= 4 is 11.9 Å². The van der Waals surface area contributed by atoms with E-state index in [2.05, 4.69) is 9.97 Å². The molecule has 1 aromatic heterocycles. The number of aromatic nitrogens is 2. The number of nitrogens with zero attached hydrogens (tertiary/aromatic N) is 2. The molecule has 122 valence electrons. The number of ether oxygens (including phenoxy) is 2. The summed E-state index contributed by atoms with van der Waals surface area (Å²) in [5.74, 6) is 0.343. The van der Waals surface area contributed by atoms with Crippen LogP contribution < -0.4 is 10.5 Å². The Bertz CT molecular complexity index is 729. The molecule has 2 N–H and O–H groups in total. The summed E-state index contributed by atoms with van der Waals surface area (Å²) in [5.41, 5.74) is 9.22. The fraction of sp³-hybridized carbons (Fsp3) is 0.353. The lowest BCUT2D eigenvalue weighted by atomic mass is 10.1. The van der Waals surface area contributed by atoms with Crippen LogP contribution in [0.4, 0.5) is 5.95 Å². The molecule has 0 spiro atoms. The average molecular weight is 315 g/mol. The van der Waals surface area contributed by atoms with E-state index in [1.807, 2.05) is 32.0 Å². The standard InChI is InChI=1S/C17H21N3O3/c1-5-22-16(21)15-12(4)19-17(18)20-14(15)9-23-13-7-6-10(2)11(3)8-13/h6-8H,5,9H2,1-4H3,(H2,18,19,20). The molecule has 23 heavy (non-hydrogen) atoms. The summed E-state index contributed by atoms with van der Waals surface area (Å²) in [4.78, 5) is 20.3. The number of rotatable bonds is 5. The molecule has 6 nitrogen and oxygen atoms in total. The number of hydrogen-bond acceptors (Lipinski definition) is 6. The van der Waals surface area contributed by atoms with E-state index in [1.165, 1.54) is 5.56 Å². The molecular formula is C17H21N3O3. The maximum absolute atomic E-state index is 12.1. The number of nitrogens with two attached hydrogens (primary N) is 1. The Kier molecular flexibility index (Phi) is 5.16. The van der Waals surface area contributed by atoms with Crippen LogP contribution in [0.3, 0.4) is 0 Å². The first-order valence-corrected chi connectivity index (χ1v) is 7.42. The van der Waals surface area contributed by atoms with Crippen molar-refractivity contribution in [1.82, 2.24) is 9.97 Å². The second kappa shape index (κ2) is 7.09. The van der Waals surface area contributed by atoms with Gasteiger partial charge in [-0.05, 0) is 51.0 Å². The molecule has 2 aromatic rings. The number of carbonyl (C=O) groups is 1. The van der Waals surface area contributed by atoms with E-state index in [4.69, 9.17) is 15.2 Å². The zero-order chi connectivity index (χ0) is 17.0. The van der Waals surface area contributed by atoms with Crippen LogP contribution in [0.2, 0.25) is 0 Å². The van der Waals surface area contributed by atoms with Gasteiger partial charge in [-0.2, -0.15) is 0 Å². The van der Waals surface area contributed by atoms with Gasteiger partial charge in [-0.1, -0.05) is 6.07 Å². The molecule has 0 aliphatic carbocycles. The van der Waals surface area contributed by atoms with Crippen LogP contribution in [-0.4, -0.2) is 22.5 Å². The third-order valence-electron chi connectivity index (χ3n) is 3.52. The number of benzene rings is 1. The highest BCUT2D eigenvalue weighted by molar-refractivity contribution is 5.91. The number of carbonyl (C=O) groups excluding carboxylic acids is 1. The maximum Gasteiger partial charge on any atom is 0.341 e. The summed E-state index contributed by atoms with van der Waals surface area (Å²) in [6.07, 6.45) is 0. The van der Waals surface area contributed by atoms with Crippen LogP contribution in [-0.2, 0) is 11.3 Å². The monoisotopic (exact) mass is 315 g/mol. The summed E-state index contributed by atoms with van der Waals surface area (Å²) >= 11 is 0. The molecule has 6 heteroatoms. The molecule has 0 unspecified atom stereocenters. The lowest BCUT2D eigenvalue weighted by Gasteiger charge is -2.13. The van der Waals surface area contributed by atoms with E-state index < -0.39 is 5.97 Å². The normalized spacial score (nSPS) is 10.4. The first-order chi connectivity index (χ1) is 10.9. The largest absolute Gasteiger partial charge is 0.487 e. The molecular weight excluding hydrogens is 294 g/mol. The second-order valence-corrected chi connectivity index (χ2v) is 5.24. The molecule has 1 heterocycles. The number of esters is 1. The predicted octanol–water partition coefficient (Wildman–Crippen LogP) is 2.74. The Morgan fingerprint density at radius 3 is 2.57 bits per heavy atom. The highest BCUT2D eigenvalue weighted by Gasteiger charge is 2.19. The summed E-state index contributed by atoms with van der Waals surface area (Å²) in [6.45, 7) is 7.89. The summed E-state index contributed by atoms with van der Waals surface area (Å²) in [6, 6.07) is 5.80. The zero-order valence-electron chi connectivity index (χ0n) is 13.8. The van der Waals surface area contributed by atoms with Gasteiger partial charge in [0, 0.05) is 0 Å². The minimum absolute atomic E-state index is 0.106. The van der Waals surface area contributed by atoms with Crippen LogP contribution >= 0.6 is 0 Å². The molecule has 1 aromatic carbocycles. The first-order valence-electron chi connectivity index (χ1n) is 7.42. The van der Waals surface area contributed by atoms with E-state index in [-0.39, 0.29) is 19.2 Å². The van der Waals surface area contributed by atoms with E-state index in [1.54, 1.807) is 13.8 Å². The van der Waals surface area contributed by atoms with Crippen LogP contribution in [0.5, 0.6) is 5.75 Å². The first kappa shape index (κ1) is 16.7. The van der Waals surface area contributed by atoms with Gasteiger partial charge in [-0.15, -0.1) is 0 Å². The fourth-order valence-electron chi connectivity index (χ4n) is 2.18. The lowest BCUT2D eigenvalue weighted by molar-refractivity contribution is 0.0521. The molecule has 0 fully saturated rings. The van der Waals surface area contributed by atoms with Gasteiger partial charge in [0.2, 0.25) is 5.95 Å². The van der Waals surface area contributed by atoms with Crippen molar-refractivity contribution in [2.45, 2.75) is 34.3 Å². The van der Waals surface area contributed by atoms with E-state index in [0.717, 1.165) is 5.56 Å². The van der Waals surface area contributed by atoms with Crippen molar-refractivity contribution in [2.75, 3.05) is 12.3 Å². The third kappa shape index (κ3) is 3.97. The molecule has 2 rings (SSSR count). The Hall–Kier alpha value is -2.63. The van der Waals surface area contributed by atoms with Crippen LogP contribution in [0.25, 0.3) is 0 Å². The zero-order valence-corrected chi connectivity index (χ0v) is 13.8. The van der Waals surface area contributed by atoms with Gasteiger partial charge < -0.3 is 15.2 Å². The minimum Gasteiger partial charge on any atom is -0.487 e. The molecule has 0 aliphatic rings. The van der Waals surface area contributed by atoms with Crippen molar-refractivity contribution in [1.29, 1.82) is 0 Å². The SMILES string of the molecule is CCOC(=O)c1c(C)nc(N)nc1COc1ccc(C)c(C)c1. The van der Waals surface area contributed by atoms with Gasteiger partial charge in [0.1, 0.15) is 17.9 Å². The third-order valence-corrected chi connectivity index (χ3v) is 3.52. The van der Waals surface area contributed by atoms with Crippen molar-refractivity contribution in [3.8, 4) is 5.75 Å². The average Bonchev–Trinajstić information content (AvgIpc) is 2.48. The van der Waals surface area contributed by atoms with Gasteiger partial charge in [-0.3, -0.25) is 0 Å². The van der Waals surface area contributed by atoms with Crippen LogP contribution in [0.15, 0.2) is 18.2 Å². The quantitative estimate of drug-likeness (QED) is 0.854. The van der Waals surface area contributed by atoms with Crippen LogP contribution in [0.1, 0.15) is 39.8 Å². The Morgan fingerprint density at radius 1 is 1.17 bits per heavy atom. The summed E-state index contributed by atoms with van der Waals surface area (Å²) in [5, 5.41) is 0. The minimum atomic E-state index is -0.469. The summed E-state index contributed by atoms with van der Waals surface area (Å²) < 4.78 is 10.8. The van der Waals surface area contributed by atoms with Gasteiger partial charge in [0.15, 0.2) is 0 Å². The highest BCUT2D eigenvalue weighted by Crippen LogP contribution is 2.20. The Morgan fingerprint density at radius 2 is 1.91 bits per heavy atom. The van der Waals surface area contributed by atoms with Crippen molar-refractivity contribution in [2.24, 2.45) is 0 Å². The molecule has 0 saturated carbocycles. The van der Waals surface area contributed by atoms with Crippen molar-refractivity contribution in [3.63, 3.8) is 0 Å².